The minimum atomic E-state index is -0.509. The van der Waals surface area contributed by atoms with Crippen LogP contribution in [0.3, 0.4) is 0 Å². The summed E-state index contributed by atoms with van der Waals surface area (Å²) in [5.74, 6) is -0.247. The number of benzene rings is 1. The molecule has 2 heterocycles. The van der Waals surface area contributed by atoms with Crippen molar-refractivity contribution in [1.82, 2.24) is 14.5 Å². The number of amides is 1. The monoisotopic (exact) mass is 371 g/mol. The highest BCUT2D eigenvalue weighted by molar-refractivity contribution is 7.17. The van der Waals surface area contributed by atoms with Gasteiger partial charge in [-0.05, 0) is 49.4 Å². The van der Waals surface area contributed by atoms with Gasteiger partial charge in [-0.3, -0.25) is 14.2 Å². The van der Waals surface area contributed by atoms with Gasteiger partial charge in [-0.25, -0.2) is 9.36 Å². The molecular weight excluding hydrogens is 350 g/mol. The van der Waals surface area contributed by atoms with Gasteiger partial charge < -0.3 is 5.32 Å². The number of hydrogen-bond donors (Lipinski definition) is 1. The first-order valence-corrected chi connectivity index (χ1v) is 9.39. The maximum atomic E-state index is 13.1. The fraction of sp³-hybridized carbons (Fsp3) is 0.316. The third-order valence-electron chi connectivity index (χ3n) is 4.34. The van der Waals surface area contributed by atoms with Gasteiger partial charge in [0, 0.05) is 6.04 Å². The van der Waals surface area contributed by atoms with Crippen LogP contribution in [-0.4, -0.2) is 21.1 Å². The maximum Gasteiger partial charge on any atom is 0.336 e. The van der Waals surface area contributed by atoms with Gasteiger partial charge in [-0.15, -0.1) is 11.3 Å². The normalized spacial score (nSPS) is 12.3. The van der Waals surface area contributed by atoms with Gasteiger partial charge in [0.25, 0.3) is 5.56 Å². The van der Waals surface area contributed by atoms with Crippen LogP contribution in [0.1, 0.15) is 25.8 Å². The number of aromatic nitrogens is 2. The quantitative estimate of drug-likeness (QED) is 0.749. The second-order valence-electron chi connectivity index (χ2n) is 6.36. The highest BCUT2D eigenvalue weighted by atomic mass is 32.1. The van der Waals surface area contributed by atoms with Gasteiger partial charge in [-0.2, -0.15) is 0 Å². The molecule has 1 N–H and O–H groups in total. The van der Waals surface area contributed by atoms with Crippen LogP contribution >= 0.6 is 11.3 Å². The molecule has 6 nitrogen and oxygen atoms in total. The second-order valence-corrected chi connectivity index (χ2v) is 7.28. The van der Waals surface area contributed by atoms with Crippen LogP contribution in [0.4, 0.5) is 0 Å². The summed E-state index contributed by atoms with van der Waals surface area (Å²) in [6.07, 6.45) is 0.803. The minimum Gasteiger partial charge on any atom is -0.352 e. The molecule has 0 saturated heterocycles. The van der Waals surface area contributed by atoms with Crippen LogP contribution in [0.25, 0.3) is 15.9 Å². The van der Waals surface area contributed by atoms with Crippen molar-refractivity contribution in [3.05, 3.63) is 62.1 Å². The largest absolute Gasteiger partial charge is 0.352 e. The summed E-state index contributed by atoms with van der Waals surface area (Å²) in [4.78, 5) is 38.2. The Labute approximate surface area is 154 Å². The molecule has 1 atom stereocenters. The van der Waals surface area contributed by atoms with E-state index in [9.17, 15) is 14.4 Å². The van der Waals surface area contributed by atoms with Crippen LogP contribution in [0.5, 0.6) is 0 Å². The molecule has 1 aromatic carbocycles. The van der Waals surface area contributed by atoms with Gasteiger partial charge in [0.05, 0.1) is 11.2 Å². The highest BCUT2D eigenvalue weighted by Gasteiger charge is 2.18. The molecule has 0 aliphatic rings. The van der Waals surface area contributed by atoms with E-state index in [1.807, 2.05) is 26.8 Å². The first kappa shape index (κ1) is 18.1. The van der Waals surface area contributed by atoms with E-state index in [-0.39, 0.29) is 24.1 Å². The molecule has 0 unspecified atom stereocenters. The molecule has 0 saturated carbocycles. The van der Waals surface area contributed by atoms with Crippen molar-refractivity contribution in [2.45, 2.75) is 39.8 Å². The van der Waals surface area contributed by atoms with E-state index in [2.05, 4.69) is 5.32 Å². The number of nitrogens with one attached hydrogen (secondary N) is 1. The highest BCUT2D eigenvalue weighted by Crippen LogP contribution is 2.16. The third kappa shape index (κ3) is 3.35. The van der Waals surface area contributed by atoms with Gasteiger partial charge in [0.15, 0.2) is 0 Å². The predicted octanol–water partition coefficient (Wildman–Crippen LogP) is 2.44. The van der Waals surface area contributed by atoms with Gasteiger partial charge >= 0.3 is 5.69 Å². The molecule has 0 fully saturated rings. The molecule has 0 aliphatic carbocycles. The Morgan fingerprint density at radius 2 is 2.04 bits per heavy atom. The minimum absolute atomic E-state index is 0.0267. The zero-order valence-electron chi connectivity index (χ0n) is 15.0. The lowest BCUT2D eigenvalue weighted by molar-refractivity contribution is -0.122. The average Bonchev–Trinajstić information content (AvgIpc) is 3.08. The number of rotatable bonds is 5. The van der Waals surface area contributed by atoms with E-state index < -0.39 is 5.69 Å². The zero-order valence-corrected chi connectivity index (χ0v) is 15.8. The summed E-state index contributed by atoms with van der Waals surface area (Å²) >= 11 is 1.27. The fourth-order valence-corrected chi connectivity index (χ4v) is 3.63. The number of nitrogens with zero attached hydrogens (tertiary/aromatic N) is 2. The molecule has 0 aliphatic heterocycles. The fourth-order valence-electron chi connectivity index (χ4n) is 2.80. The zero-order chi connectivity index (χ0) is 18.8. The summed E-state index contributed by atoms with van der Waals surface area (Å²) in [6.45, 7) is 5.67. The van der Waals surface area contributed by atoms with Crippen molar-refractivity contribution in [2.75, 3.05) is 0 Å². The van der Waals surface area contributed by atoms with E-state index in [0.717, 1.165) is 16.6 Å². The van der Waals surface area contributed by atoms with E-state index in [1.165, 1.54) is 15.9 Å². The molecule has 26 heavy (non-hydrogen) atoms. The summed E-state index contributed by atoms with van der Waals surface area (Å²) in [7, 11) is 0. The molecule has 2 aromatic heterocycles. The van der Waals surface area contributed by atoms with Crippen LogP contribution < -0.4 is 16.6 Å². The first-order chi connectivity index (χ1) is 12.4. The lowest BCUT2D eigenvalue weighted by Gasteiger charge is -2.15. The Morgan fingerprint density at radius 1 is 1.27 bits per heavy atom. The topological polar surface area (TPSA) is 73.1 Å². The number of carbonyl (C=O) groups excluding carboxylic acids is 1. The van der Waals surface area contributed by atoms with Gasteiger partial charge in [-0.1, -0.05) is 19.1 Å². The number of hydrogen-bond acceptors (Lipinski definition) is 4. The Kier molecular flexibility index (Phi) is 5.08. The maximum absolute atomic E-state index is 13.1. The lowest BCUT2D eigenvalue weighted by atomic mass is 10.2. The number of carbonyl (C=O) groups is 1. The predicted molar refractivity (Wildman–Crippen MR) is 104 cm³/mol. The van der Waals surface area contributed by atoms with Crippen molar-refractivity contribution in [3.8, 4) is 5.69 Å². The van der Waals surface area contributed by atoms with Crippen molar-refractivity contribution >= 4 is 27.5 Å². The Balaban J connectivity index is 2.18. The standard InChI is InChI=1S/C19H21N3O3S/c1-4-13(3)20-16(23)11-21-15-8-9-26-17(15)18(24)22(19(21)25)14-7-5-6-12(2)10-14/h5-10,13H,4,11H2,1-3H3,(H,20,23)/t13-/m1/s1. The molecule has 3 aromatic rings. The summed E-state index contributed by atoms with van der Waals surface area (Å²) in [6, 6.07) is 8.94. The van der Waals surface area contributed by atoms with Crippen molar-refractivity contribution in [3.63, 3.8) is 0 Å². The van der Waals surface area contributed by atoms with E-state index >= 15 is 0 Å². The molecule has 0 bridgehead atoms. The summed E-state index contributed by atoms with van der Waals surface area (Å²) < 4.78 is 2.97. The Hall–Kier alpha value is -2.67. The molecule has 3 rings (SSSR count). The van der Waals surface area contributed by atoms with Crippen LogP contribution in [-0.2, 0) is 11.3 Å². The molecule has 0 radical (unpaired) electrons. The smallest absolute Gasteiger partial charge is 0.336 e. The Morgan fingerprint density at radius 3 is 2.73 bits per heavy atom. The lowest BCUT2D eigenvalue weighted by Crippen LogP contribution is -2.42. The molecular formula is C19H21N3O3S. The van der Waals surface area contributed by atoms with Crippen molar-refractivity contribution in [1.29, 1.82) is 0 Å². The van der Waals surface area contributed by atoms with E-state index in [0.29, 0.717) is 15.9 Å². The van der Waals surface area contributed by atoms with E-state index in [1.54, 1.807) is 29.6 Å². The van der Waals surface area contributed by atoms with E-state index in [4.69, 9.17) is 0 Å². The molecule has 1 amide bonds. The molecule has 0 spiro atoms. The van der Waals surface area contributed by atoms with Gasteiger partial charge in [0.2, 0.25) is 5.91 Å². The average molecular weight is 371 g/mol. The number of fused-ring (bicyclic) bond motifs is 1. The molecule has 7 heteroatoms. The van der Waals surface area contributed by atoms with Crippen LogP contribution in [0.2, 0.25) is 0 Å². The first-order valence-electron chi connectivity index (χ1n) is 8.51. The van der Waals surface area contributed by atoms with Crippen LogP contribution in [0, 0.1) is 6.92 Å². The second kappa shape index (κ2) is 7.29. The number of aryl methyl sites for hydroxylation is 1. The van der Waals surface area contributed by atoms with Crippen molar-refractivity contribution in [2.24, 2.45) is 0 Å². The number of thiophene rings is 1. The summed E-state index contributed by atoms with van der Waals surface area (Å²) in [5.41, 5.74) is 1.08. The Bertz CT molecular complexity index is 1080. The third-order valence-corrected chi connectivity index (χ3v) is 5.23. The van der Waals surface area contributed by atoms with Crippen molar-refractivity contribution < 1.29 is 4.79 Å². The molecule has 136 valence electrons. The van der Waals surface area contributed by atoms with Gasteiger partial charge in [0.1, 0.15) is 11.2 Å². The summed E-state index contributed by atoms with van der Waals surface area (Å²) in [5, 5.41) is 4.62. The SMILES string of the molecule is CC[C@@H](C)NC(=O)Cn1c(=O)n(-c2cccc(C)c2)c(=O)c2sccc21. The van der Waals surface area contributed by atoms with Crippen LogP contribution in [0.15, 0.2) is 45.3 Å².